The van der Waals surface area contributed by atoms with Gasteiger partial charge in [-0.2, -0.15) is 0 Å². The first kappa shape index (κ1) is 18.6. The molecule has 1 aliphatic heterocycles. The summed E-state index contributed by atoms with van der Waals surface area (Å²) in [5.74, 6) is -0.554. The highest BCUT2D eigenvalue weighted by Crippen LogP contribution is 2.24. The first-order valence-corrected chi connectivity index (χ1v) is 8.84. The smallest absolute Gasteiger partial charge is 0.374 e. The summed E-state index contributed by atoms with van der Waals surface area (Å²) in [4.78, 5) is 36.2. The lowest BCUT2D eigenvalue weighted by Gasteiger charge is -2.19. The Hall–Kier alpha value is -3.16. The standard InChI is InChI=1S/C19H20N2O6/c22-18(20-11-3-1-2-4-12-20)13-26-19(23)17-10-9-16(27-17)14-5-7-15(8-6-14)21(24)25/h5-10H,1-4,11-13H2. The van der Waals surface area contributed by atoms with Crippen LogP contribution in [0.5, 0.6) is 0 Å². The molecule has 1 amide bonds. The summed E-state index contributed by atoms with van der Waals surface area (Å²) in [6.07, 6.45) is 4.16. The van der Waals surface area contributed by atoms with E-state index in [2.05, 4.69) is 0 Å². The van der Waals surface area contributed by atoms with Crippen LogP contribution in [0.25, 0.3) is 11.3 Å². The molecular weight excluding hydrogens is 352 g/mol. The largest absolute Gasteiger partial charge is 0.450 e. The minimum absolute atomic E-state index is 0.0213. The predicted molar refractivity (Wildman–Crippen MR) is 96.1 cm³/mol. The van der Waals surface area contributed by atoms with E-state index in [1.54, 1.807) is 11.0 Å². The summed E-state index contributed by atoms with van der Waals surface area (Å²) in [7, 11) is 0. The molecule has 1 aromatic heterocycles. The van der Waals surface area contributed by atoms with Crippen LogP contribution >= 0.6 is 0 Å². The van der Waals surface area contributed by atoms with Gasteiger partial charge in [-0.1, -0.05) is 12.8 Å². The quantitative estimate of drug-likeness (QED) is 0.453. The molecule has 2 heterocycles. The number of carbonyl (C=O) groups is 2. The second-order valence-corrected chi connectivity index (χ2v) is 6.34. The number of hydrogen-bond acceptors (Lipinski definition) is 6. The van der Waals surface area contributed by atoms with Crippen LogP contribution in [0.1, 0.15) is 36.2 Å². The van der Waals surface area contributed by atoms with Gasteiger partial charge in [0.15, 0.2) is 6.61 Å². The Morgan fingerprint density at radius 2 is 1.70 bits per heavy atom. The first-order valence-electron chi connectivity index (χ1n) is 8.84. The van der Waals surface area contributed by atoms with Gasteiger partial charge < -0.3 is 14.1 Å². The maximum absolute atomic E-state index is 12.2. The van der Waals surface area contributed by atoms with Crippen LogP contribution in [0, 0.1) is 10.1 Å². The molecule has 0 aliphatic carbocycles. The van der Waals surface area contributed by atoms with Crippen LogP contribution < -0.4 is 0 Å². The van der Waals surface area contributed by atoms with Gasteiger partial charge in [-0.05, 0) is 37.1 Å². The SMILES string of the molecule is O=C(OCC(=O)N1CCCCCC1)c1ccc(-c2ccc([N+](=O)[O-])cc2)o1. The average molecular weight is 372 g/mol. The summed E-state index contributed by atoms with van der Waals surface area (Å²) in [6, 6.07) is 8.82. The van der Waals surface area contributed by atoms with Gasteiger partial charge in [0, 0.05) is 30.8 Å². The Morgan fingerprint density at radius 3 is 2.33 bits per heavy atom. The number of esters is 1. The Morgan fingerprint density at radius 1 is 1.04 bits per heavy atom. The van der Waals surface area contributed by atoms with Crippen LogP contribution in [0.2, 0.25) is 0 Å². The Balaban J connectivity index is 1.58. The molecule has 142 valence electrons. The molecule has 0 saturated carbocycles. The third-order valence-corrected chi connectivity index (χ3v) is 4.46. The highest BCUT2D eigenvalue weighted by molar-refractivity contribution is 5.89. The van der Waals surface area contributed by atoms with Gasteiger partial charge in [0.25, 0.3) is 11.6 Å². The number of ether oxygens (including phenoxy) is 1. The topological polar surface area (TPSA) is 103 Å². The fourth-order valence-electron chi connectivity index (χ4n) is 2.96. The molecular formula is C19H20N2O6. The van der Waals surface area contributed by atoms with Crippen molar-refractivity contribution >= 4 is 17.6 Å². The van der Waals surface area contributed by atoms with Crippen LogP contribution in [-0.4, -0.2) is 41.4 Å². The van der Waals surface area contributed by atoms with Crippen molar-refractivity contribution in [3.63, 3.8) is 0 Å². The number of rotatable bonds is 5. The zero-order valence-corrected chi connectivity index (χ0v) is 14.8. The molecule has 0 spiro atoms. The number of nitro groups is 1. The minimum atomic E-state index is -0.716. The number of hydrogen-bond donors (Lipinski definition) is 0. The summed E-state index contributed by atoms with van der Waals surface area (Å²) in [6.45, 7) is 1.08. The molecule has 0 bridgehead atoms. The molecule has 8 nitrogen and oxygen atoms in total. The average Bonchev–Trinajstić information content (AvgIpc) is 3.01. The van der Waals surface area contributed by atoms with Crippen molar-refractivity contribution in [2.24, 2.45) is 0 Å². The zero-order valence-electron chi connectivity index (χ0n) is 14.8. The van der Waals surface area contributed by atoms with Crippen molar-refractivity contribution in [2.45, 2.75) is 25.7 Å². The van der Waals surface area contributed by atoms with E-state index in [-0.39, 0.29) is 24.0 Å². The maximum atomic E-state index is 12.2. The molecule has 0 atom stereocenters. The monoisotopic (exact) mass is 372 g/mol. The third kappa shape index (κ3) is 4.72. The van der Waals surface area contributed by atoms with Gasteiger partial charge in [-0.3, -0.25) is 14.9 Å². The van der Waals surface area contributed by atoms with Crippen molar-refractivity contribution in [1.29, 1.82) is 0 Å². The molecule has 2 aromatic rings. The van der Waals surface area contributed by atoms with Crippen LogP contribution in [0.4, 0.5) is 5.69 Å². The Bertz CT molecular complexity index is 819. The molecule has 1 saturated heterocycles. The second-order valence-electron chi connectivity index (χ2n) is 6.34. The normalized spacial score (nSPS) is 14.4. The summed E-state index contributed by atoms with van der Waals surface area (Å²) >= 11 is 0. The van der Waals surface area contributed by atoms with E-state index < -0.39 is 10.9 Å². The first-order chi connectivity index (χ1) is 13.0. The zero-order chi connectivity index (χ0) is 19.2. The van der Waals surface area contributed by atoms with E-state index >= 15 is 0 Å². The lowest BCUT2D eigenvalue weighted by molar-refractivity contribution is -0.384. The molecule has 0 radical (unpaired) electrons. The Labute approximate surface area is 155 Å². The molecule has 1 aliphatic rings. The molecule has 3 rings (SSSR count). The van der Waals surface area contributed by atoms with Gasteiger partial charge in [0.1, 0.15) is 5.76 Å². The second kappa shape index (κ2) is 8.48. The number of nitrogens with zero attached hydrogens (tertiary/aromatic N) is 2. The molecule has 1 aromatic carbocycles. The molecule has 8 heteroatoms. The molecule has 0 N–H and O–H groups in total. The minimum Gasteiger partial charge on any atom is -0.450 e. The third-order valence-electron chi connectivity index (χ3n) is 4.46. The van der Waals surface area contributed by atoms with E-state index in [9.17, 15) is 19.7 Å². The molecule has 27 heavy (non-hydrogen) atoms. The van der Waals surface area contributed by atoms with Gasteiger partial charge >= 0.3 is 5.97 Å². The summed E-state index contributed by atoms with van der Waals surface area (Å²) in [5, 5.41) is 10.7. The van der Waals surface area contributed by atoms with Crippen LogP contribution in [-0.2, 0) is 9.53 Å². The number of benzene rings is 1. The lowest BCUT2D eigenvalue weighted by atomic mass is 10.1. The van der Waals surface area contributed by atoms with Crippen molar-refractivity contribution in [2.75, 3.05) is 19.7 Å². The number of nitro benzene ring substituents is 1. The highest BCUT2D eigenvalue weighted by atomic mass is 16.6. The fraction of sp³-hybridized carbons (Fsp3) is 0.368. The fourth-order valence-corrected chi connectivity index (χ4v) is 2.96. The van der Waals surface area contributed by atoms with Crippen molar-refractivity contribution < 1.29 is 23.7 Å². The van der Waals surface area contributed by atoms with E-state index in [0.717, 1.165) is 25.7 Å². The summed E-state index contributed by atoms with van der Waals surface area (Å²) < 4.78 is 10.5. The molecule has 0 unspecified atom stereocenters. The van der Waals surface area contributed by atoms with Crippen molar-refractivity contribution in [1.82, 2.24) is 4.90 Å². The lowest BCUT2D eigenvalue weighted by Crippen LogP contribution is -2.35. The number of carbonyl (C=O) groups excluding carboxylic acids is 2. The van der Waals surface area contributed by atoms with Gasteiger partial charge in [0.05, 0.1) is 4.92 Å². The highest BCUT2D eigenvalue weighted by Gasteiger charge is 2.19. The van der Waals surface area contributed by atoms with Gasteiger partial charge in [-0.25, -0.2) is 4.79 Å². The predicted octanol–water partition coefficient (Wildman–Crippen LogP) is 3.41. The number of furan rings is 1. The van der Waals surface area contributed by atoms with Crippen molar-refractivity contribution in [3.8, 4) is 11.3 Å². The number of non-ortho nitro benzene ring substituents is 1. The van der Waals surface area contributed by atoms with Gasteiger partial charge in [-0.15, -0.1) is 0 Å². The van der Waals surface area contributed by atoms with E-state index in [4.69, 9.17) is 9.15 Å². The number of likely N-dealkylation sites (tertiary alicyclic amines) is 1. The maximum Gasteiger partial charge on any atom is 0.374 e. The van der Waals surface area contributed by atoms with Gasteiger partial charge in [0.2, 0.25) is 5.76 Å². The van der Waals surface area contributed by atoms with Crippen molar-refractivity contribution in [3.05, 3.63) is 52.3 Å². The summed E-state index contributed by atoms with van der Waals surface area (Å²) in [5.41, 5.74) is 0.567. The van der Waals surface area contributed by atoms with Crippen LogP contribution in [0.15, 0.2) is 40.8 Å². The Kier molecular flexibility index (Phi) is 5.85. The van der Waals surface area contributed by atoms with E-state index in [1.807, 2.05) is 0 Å². The van der Waals surface area contributed by atoms with E-state index in [1.165, 1.54) is 30.3 Å². The number of amides is 1. The van der Waals surface area contributed by atoms with E-state index in [0.29, 0.717) is 24.4 Å². The molecule has 1 fully saturated rings. The van der Waals surface area contributed by atoms with Crippen LogP contribution in [0.3, 0.4) is 0 Å².